The molecule has 5 amide bonds. The van der Waals surface area contributed by atoms with E-state index < -0.39 is 6.03 Å². The largest absolute Gasteiger partial charge is 0.359 e. The predicted octanol–water partition coefficient (Wildman–Crippen LogP) is 1.87. The second-order valence-electron chi connectivity index (χ2n) is 6.84. The van der Waals surface area contributed by atoms with Gasteiger partial charge in [-0.3, -0.25) is 19.3 Å². The van der Waals surface area contributed by atoms with Gasteiger partial charge in [0.2, 0.25) is 6.41 Å². The molecule has 1 fully saturated rings. The maximum atomic E-state index is 12.8. The van der Waals surface area contributed by atoms with Crippen LogP contribution in [0.25, 0.3) is 0 Å². The Labute approximate surface area is 157 Å². The van der Waals surface area contributed by atoms with Gasteiger partial charge in [0, 0.05) is 24.8 Å². The van der Waals surface area contributed by atoms with Crippen molar-refractivity contribution in [1.82, 2.24) is 15.5 Å². The number of carbonyl (C=O) groups is 4. The zero-order valence-corrected chi connectivity index (χ0v) is 15.1. The van der Waals surface area contributed by atoms with Crippen molar-refractivity contribution in [2.24, 2.45) is 0 Å². The first-order valence-electron chi connectivity index (χ1n) is 9.35. The highest BCUT2D eigenvalue weighted by atomic mass is 16.2. The van der Waals surface area contributed by atoms with Crippen molar-refractivity contribution in [3.05, 3.63) is 29.3 Å². The lowest BCUT2D eigenvalue weighted by Crippen LogP contribution is -2.40. The molecule has 0 aromatic heterocycles. The van der Waals surface area contributed by atoms with Gasteiger partial charge in [-0.05, 0) is 37.5 Å². The predicted molar refractivity (Wildman–Crippen MR) is 99.5 cm³/mol. The smallest absolute Gasteiger partial charge is 0.319 e. The molecule has 8 heteroatoms. The number of carbonyl (C=O) groups excluding carboxylic acids is 4. The molecule has 0 atom stereocenters. The number of rotatable bonds is 7. The lowest BCUT2D eigenvalue weighted by molar-refractivity contribution is -0.109. The Morgan fingerprint density at radius 2 is 1.81 bits per heavy atom. The van der Waals surface area contributed by atoms with Gasteiger partial charge in [-0.25, -0.2) is 4.79 Å². The summed E-state index contributed by atoms with van der Waals surface area (Å²) in [5.41, 5.74) is 1.21. The van der Waals surface area contributed by atoms with Crippen molar-refractivity contribution < 1.29 is 19.2 Å². The van der Waals surface area contributed by atoms with Crippen molar-refractivity contribution in [2.75, 3.05) is 18.4 Å². The third kappa shape index (κ3) is 4.27. The number of hydrogen-bond acceptors (Lipinski definition) is 4. The number of anilines is 1. The van der Waals surface area contributed by atoms with E-state index in [4.69, 9.17) is 0 Å². The second kappa shape index (κ2) is 8.66. The van der Waals surface area contributed by atoms with Crippen molar-refractivity contribution in [3.63, 3.8) is 0 Å². The standard InChI is InChI=1S/C19H24N4O4/c24-12-20-9-4-10-21-19(27)22-13-7-8-15-16(11-13)18(26)23(17(15)25)14-5-2-1-3-6-14/h7-8,11-12,14H,1-6,9-10H2,(H,20,24)(H2,21,22,27). The van der Waals surface area contributed by atoms with Crippen molar-refractivity contribution in [3.8, 4) is 0 Å². The molecule has 1 heterocycles. The van der Waals surface area contributed by atoms with Crippen LogP contribution in [0.15, 0.2) is 18.2 Å². The minimum atomic E-state index is -0.401. The summed E-state index contributed by atoms with van der Waals surface area (Å²) in [5, 5.41) is 7.85. The van der Waals surface area contributed by atoms with E-state index >= 15 is 0 Å². The van der Waals surface area contributed by atoms with E-state index in [0.29, 0.717) is 42.7 Å². The number of urea groups is 1. The van der Waals surface area contributed by atoms with E-state index in [0.717, 1.165) is 32.1 Å². The summed E-state index contributed by atoms with van der Waals surface area (Å²) in [6.07, 6.45) is 6.16. The summed E-state index contributed by atoms with van der Waals surface area (Å²) in [7, 11) is 0. The monoisotopic (exact) mass is 372 g/mol. The Morgan fingerprint density at radius 1 is 1.07 bits per heavy atom. The molecule has 1 aromatic carbocycles. The fourth-order valence-corrected chi connectivity index (χ4v) is 3.63. The van der Waals surface area contributed by atoms with Crippen LogP contribution in [0.4, 0.5) is 10.5 Å². The highest BCUT2D eigenvalue weighted by Crippen LogP contribution is 2.32. The normalized spacial score (nSPS) is 16.8. The maximum absolute atomic E-state index is 12.8. The van der Waals surface area contributed by atoms with Gasteiger partial charge in [-0.1, -0.05) is 19.3 Å². The van der Waals surface area contributed by atoms with Gasteiger partial charge in [0.15, 0.2) is 0 Å². The van der Waals surface area contributed by atoms with E-state index in [1.165, 1.54) is 4.90 Å². The third-order valence-corrected chi connectivity index (χ3v) is 4.98. The maximum Gasteiger partial charge on any atom is 0.319 e. The van der Waals surface area contributed by atoms with Gasteiger partial charge in [-0.15, -0.1) is 0 Å². The van der Waals surface area contributed by atoms with Crippen LogP contribution in [-0.4, -0.2) is 48.3 Å². The molecule has 3 rings (SSSR count). The van der Waals surface area contributed by atoms with Crippen molar-refractivity contribution >= 4 is 29.9 Å². The van der Waals surface area contributed by atoms with E-state index in [1.807, 2.05) is 0 Å². The number of nitrogens with one attached hydrogen (secondary N) is 3. The molecule has 0 saturated heterocycles. The molecule has 144 valence electrons. The van der Waals surface area contributed by atoms with Crippen LogP contribution in [0.1, 0.15) is 59.2 Å². The lowest BCUT2D eigenvalue weighted by Gasteiger charge is -2.29. The zero-order chi connectivity index (χ0) is 19.2. The molecular formula is C19H24N4O4. The summed E-state index contributed by atoms with van der Waals surface area (Å²) in [4.78, 5) is 48.9. The van der Waals surface area contributed by atoms with Crippen molar-refractivity contribution in [1.29, 1.82) is 0 Å². The molecule has 1 saturated carbocycles. The van der Waals surface area contributed by atoms with Crippen LogP contribution >= 0.6 is 0 Å². The molecule has 1 aliphatic heterocycles. The SMILES string of the molecule is O=CNCCCNC(=O)Nc1ccc2c(c1)C(=O)N(C1CCCCC1)C2=O. The molecule has 0 bridgehead atoms. The minimum absolute atomic E-state index is 0.0224. The van der Waals surface area contributed by atoms with Crippen LogP contribution in [0.2, 0.25) is 0 Å². The number of benzene rings is 1. The first kappa shape index (κ1) is 18.9. The fraction of sp³-hybridized carbons (Fsp3) is 0.474. The summed E-state index contributed by atoms with van der Waals surface area (Å²) >= 11 is 0. The summed E-state index contributed by atoms with van der Waals surface area (Å²) in [6, 6.07) is 4.36. The van der Waals surface area contributed by atoms with Crippen LogP contribution in [0, 0.1) is 0 Å². The van der Waals surface area contributed by atoms with Gasteiger partial charge >= 0.3 is 6.03 Å². The summed E-state index contributed by atoms with van der Waals surface area (Å²) in [6.45, 7) is 0.890. The highest BCUT2D eigenvalue weighted by Gasteiger charge is 2.40. The minimum Gasteiger partial charge on any atom is -0.359 e. The zero-order valence-electron chi connectivity index (χ0n) is 15.1. The average molecular weight is 372 g/mol. The quantitative estimate of drug-likeness (QED) is 0.386. The summed E-state index contributed by atoms with van der Waals surface area (Å²) < 4.78 is 0. The molecular weight excluding hydrogens is 348 g/mol. The second-order valence-corrected chi connectivity index (χ2v) is 6.84. The summed E-state index contributed by atoms with van der Waals surface area (Å²) in [5.74, 6) is -0.508. The Morgan fingerprint density at radius 3 is 2.56 bits per heavy atom. The van der Waals surface area contributed by atoms with Crippen LogP contribution in [0.5, 0.6) is 0 Å². The Balaban J connectivity index is 1.61. The number of fused-ring (bicyclic) bond motifs is 1. The molecule has 8 nitrogen and oxygen atoms in total. The fourth-order valence-electron chi connectivity index (χ4n) is 3.63. The molecule has 27 heavy (non-hydrogen) atoms. The molecule has 1 aliphatic carbocycles. The average Bonchev–Trinajstić information content (AvgIpc) is 2.92. The van der Waals surface area contributed by atoms with E-state index in [-0.39, 0.29) is 17.9 Å². The number of imide groups is 1. The van der Waals surface area contributed by atoms with Gasteiger partial charge < -0.3 is 16.0 Å². The van der Waals surface area contributed by atoms with E-state index in [9.17, 15) is 19.2 Å². The molecule has 3 N–H and O–H groups in total. The molecule has 2 aliphatic rings. The number of nitrogens with zero attached hydrogens (tertiary/aromatic N) is 1. The van der Waals surface area contributed by atoms with Gasteiger partial charge in [0.25, 0.3) is 11.8 Å². The Kier molecular flexibility index (Phi) is 6.05. The third-order valence-electron chi connectivity index (χ3n) is 4.98. The number of hydrogen-bond donors (Lipinski definition) is 3. The topological polar surface area (TPSA) is 108 Å². The lowest BCUT2D eigenvalue weighted by atomic mass is 9.94. The van der Waals surface area contributed by atoms with Gasteiger partial charge in [-0.2, -0.15) is 0 Å². The molecule has 1 aromatic rings. The van der Waals surface area contributed by atoms with E-state index in [2.05, 4.69) is 16.0 Å². The highest BCUT2D eigenvalue weighted by molar-refractivity contribution is 6.22. The van der Waals surface area contributed by atoms with Gasteiger partial charge in [0.05, 0.1) is 11.1 Å². The van der Waals surface area contributed by atoms with Gasteiger partial charge in [0.1, 0.15) is 0 Å². The Bertz CT molecular complexity index is 743. The first-order valence-corrected chi connectivity index (χ1v) is 9.35. The van der Waals surface area contributed by atoms with Crippen LogP contribution < -0.4 is 16.0 Å². The molecule has 0 radical (unpaired) electrons. The van der Waals surface area contributed by atoms with Crippen LogP contribution in [-0.2, 0) is 4.79 Å². The number of amides is 5. The molecule has 0 unspecified atom stereocenters. The molecule has 0 spiro atoms. The first-order chi connectivity index (χ1) is 13.1. The Hall–Kier alpha value is -2.90. The van der Waals surface area contributed by atoms with E-state index in [1.54, 1.807) is 18.2 Å². The van der Waals surface area contributed by atoms with Crippen molar-refractivity contribution in [2.45, 2.75) is 44.6 Å². The van der Waals surface area contributed by atoms with Crippen LogP contribution in [0.3, 0.4) is 0 Å².